The van der Waals surface area contributed by atoms with Gasteiger partial charge in [-0.05, 0) is 42.5 Å². The highest BCUT2D eigenvalue weighted by Crippen LogP contribution is 2.31. The van der Waals surface area contributed by atoms with Crippen molar-refractivity contribution in [3.05, 3.63) is 29.3 Å². The monoisotopic (exact) mass is 292 g/mol. The van der Waals surface area contributed by atoms with E-state index in [1.807, 2.05) is 12.1 Å². The summed E-state index contributed by atoms with van der Waals surface area (Å²) in [6.07, 6.45) is 3.69. The molecular weight excluding hydrogens is 268 g/mol. The van der Waals surface area contributed by atoms with E-state index in [1.54, 1.807) is 13.2 Å². The number of aryl methyl sites for hydroxylation is 1. The van der Waals surface area contributed by atoms with Crippen molar-refractivity contribution in [2.45, 2.75) is 31.7 Å². The first-order valence-corrected chi connectivity index (χ1v) is 7.51. The van der Waals surface area contributed by atoms with Gasteiger partial charge in [-0.3, -0.25) is 4.79 Å². The van der Waals surface area contributed by atoms with Gasteiger partial charge < -0.3 is 20.5 Å². The second kappa shape index (κ2) is 8.00. The molecule has 5 nitrogen and oxygen atoms in total. The number of amides is 1. The zero-order valence-electron chi connectivity index (χ0n) is 12.5. The molecule has 1 aromatic rings. The van der Waals surface area contributed by atoms with E-state index >= 15 is 0 Å². The van der Waals surface area contributed by atoms with Crippen LogP contribution in [-0.4, -0.2) is 37.8 Å². The Morgan fingerprint density at radius 1 is 1.43 bits per heavy atom. The molecule has 0 spiro atoms. The van der Waals surface area contributed by atoms with Crippen molar-refractivity contribution < 1.29 is 14.6 Å². The number of rotatable bonds is 7. The predicted molar refractivity (Wildman–Crippen MR) is 81.3 cm³/mol. The highest BCUT2D eigenvalue weighted by atomic mass is 16.5. The fourth-order valence-corrected chi connectivity index (χ4v) is 2.74. The summed E-state index contributed by atoms with van der Waals surface area (Å²) in [7, 11) is 1.61. The van der Waals surface area contributed by atoms with Crippen molar-refractivity contribution in [3.8, 4) is 5.75 Å². The molecule has 0 saturated carbocycles. The number of fused-ring (bicyclic) bond motifs is 1. The Bertz CT molecular complexity index is 477. The summed E-state index contributed by atoms with van der Waals surface area (Å²) in [6, 6.07) is 5.80. The van der Waals surface area contributed by atoms with Gasteiger partial charge in [0.2, 0.25) is 5.91 Å². The molecule has 0 fully saturated rings. The minimum absolute atomic E-state index is 0.0338. The van der Waals surface area contributed by atoms with Gasteiger partial charge >= 0.3 is 0 Å². The molecule has 0 saturated heterocycles. The SMILES string of the molecule is COCCNC(=O)CCNC1CCCc2ccc(O)cc21. The van der Waals surface area contributed by atoms with Crippen LogP contribution in [0, 0.1) is 0 Å². The zero-order valence-corrected chi connectivity index (χ0v) is 12.5. The van der Waals surface area contributed by atoms with Crippen LogP contribution in [0.2, 0.25) is 0 Å². The van der Waals surface area contributed by atoms with Crippen LogP contribution >= 0.6 is 0 Å². The second-order valence-corrected chi connectivity index (χ2v) is 5.37. The molecule has 116 valence electrons. The third-order valence-electron chi connectivity index (χ3n) is 3.81. The number of nitrogens with one attached hydrogen (secondary N) is 2. The third-order valence-corrected chi connectivity index (χ3v) is 3.81. The van der Waals surface area contributed by atoms with Gasteiger partial charge in [0.1, 0.15) is 5.75 Å². The maximum absolute atomic E-state index is 11.6. The first-order chi connectivity index (χ1) is 10.2. The first kappa shape index (κ1) is 15.8. The van der Waals surface area contributed by atoms with Gasteiger partial charge in [0.15, 0.2) is 0 Å². The Morgan fingerprint density at radius 3 is 3.10 bits per heavy atom. The summed E-state index contributed by atoms with van der Waals surface area (Å²) < 4.78 is 4.89. The molecule has 0 bridgehead atoms. The molecule has 0 aliphatic heterocycles. The summed E-state index contributed by atoms with van der Waals surface area (Å²) in [5.41, 5.74) is 2.46. The molecule has 1 aliphatic rings. The maximum Gasteiger partial charge on any atom is 0.221 e. The van der Waals surface area contributed by atoms with Crippen molar-refractivity contribution in [2.75, 3.05) is 26.8 Å². The van der Waals surface area contributed by atoms with Crippen LogP contribution in [0.15, 0.2) is 18.2 Å². The van der Waals surface area contributed by atoms with Crippen LogP contribution < -0.4 is 10.6 Å². The largest absolute Gasteiger partial charge is 0.508 e. The topological polar surface area (TPSA) is 70.6 Å². The number of phenols is 1. The molecule has 1 amide bonds. The Morgan fingerprint density at radius 2 is 2.29 bits per heavy atom. The highest BCUT2D eigenvalue weighted by molar-refractivity contribution is 5.76. The van der Waals surface area contributed by atoms with E-state index in [0.717, 1.165) is 19.3 Å². The molecule has 1 aliphatic carbocycles. The summed E-state index contributed by atoms with van der Waals surface area (Å²) >= 11 is 0. The molecule has 1 unspecified atom stereocenters. The van der Waals surface area contributed by atoms with Crippen LogP contribution in [-0.2, 0) is 16.0 Å². The van der Waals surface area contributed by atoms with Crippen molar-refractivity contribution in [1.29, 1.82) is 0 Å². The molecule has 3 N–H and O–H groups in total. The normalized spacial score (nSPS) is 17.3. The minimum Gasteiger partial charge on any atom is -0.508 e. The quantitative estimate of drug-likeness (QED) is 0.666. The second-order valence-electron chi connectivity index (χ2n) is 5.37. The fourth-order valence-electron chi connectivity index (χ4n) is 2.74. The number of aromatic hydroxyl groups is 1. The zero-order chi connectivity index (χ0) is 15.1. The lowest BCUT2D eigenvalue weighted by molar-refractivity contribution is -0.121. The van der Waals surface area contributed by atoms with E-state index in [1.165, 1.54) is 11.1 Å². The van der Waals surface area contributed by atoms with Crippen LogP contribution in [0.25, 0.3) is 0 Å². The molecule has 0 aromatic heterocycles. The number of carbonyl (C=O) groups is 1. The van der Waals surface area contributed by atoms with E-state index in [-0.39, 0.29) is 11.9 Å². The van der Waals surface area contributed by atoms with Gasteiger partial charge in [0.05, 0.1) is 6.61 Å². The van der Waals surface area contributed by atoms with Crippen molar-refractivity contribution in [3.63, 3.8) is 0 Å². The molecule has 21 heavy (non-hydrogen) atoms. The number of hydrogen-bond donors (Lipinski definition) is 3. The minimum atomic E-state index is 0.0338. The third kappa shape index (κ3) is 4.72. The van der Waals surface area contributed by atoms with Crippen molar-refractivity contribution in [2.24, 2.45) is 0 Å². The molecule has 1 atom stereocenters. The number of carbonyl (C=O) groups excluding carboxylic acids is 1. The van der Waals surface area contributed by atoms with Gasteiger partial charge in [-0.25, -0.2) is 0 Å². The first-order valence-electron chi connectivity index (χ1n) is 7.51. The van der Waals surface area contributed by atoms with Crippen molar-refractivity contribution in [1.82, 2.24) is 10.6 Å². The van der Waals surface area contributed by atoms with Gasteiger partial charge in [-0.2, -0.15) is 0 Å². The van der Waals surface area contributed by atoms with Crippen LogP contribution in [0.3, 0.4) is 0 Å². The maximum atomic E-state index is 11.6. The summed E-state index contributed by atoms with van der Waals surface area (Å²) in [4.78, 5) is 11.6. The predicted octanol–water partition coefficient (Wildman–Crippen LogP) is 1.51. The van der Waals surface area contributed by atoms with Crippen molar-refractivity contribution >= 4 is 5.91 Å². The van der Waals surface area contributed by atoms with Gasteiger partial charge in [-0.1, -0.05) is 6.07 Å². The summed E-state index contributed by atoms with van der Waals surface area (Å²) in [5, 5.41) is 15.9. The van der Waals surface area contributed by atoms with Crippen LogP contribution in [0.4, 0.5) is 0 Å². The van der Waals surface area contributed by atoms with Gasteiger partial charge in [0.25, 0.3) is 0 Å². The van der Waals surface area contributed by atoms with Crippen LogP contribution in [0.1, 0.15) is 36.4 Å². The molecule has 2 rings (SSSR count). The summed E-state index contributed by atoms with van der Waals surface area (Å²) in [5.74, 6) is 0.339. The number of phenolic OH excluding ortho intramolecular Hbond substituents is 1. The van der Waals surface area contributed by atoms with E-state index in [4.69, 9.17) is 4.74 Å². The highest BCUT2D eigenvalue weighted by Gasteiger charge is 2.20. The molecule has 0 radical (unpaired) electrons. The smallest absolute Gasteiger partial charge is 0.221 e. The fraction of sp³-hybridized carbons (Fsp3) is 0.562. The van der Waals surface area contributed by atoms with E-state index in [2.05, 4.69) is 10.6 Å². The Balaban J connectivity index is 1.80. The van der Waals surface area contributed by atoms with Crippen LogP contribution in [0.5, 0.6) is 5.75 Å². The Labute approximate surface area is 125 Å². The number of hydrogen-bond acceptors (Lipinski definition) is 4. The molecular formula is C16H24N2O3. The number of methoxy groups -OCH3 is 1. The molecule has 1 aromatic carbocycles. The number of ether oxygens (including phenoxy) is 1. The van der Waals surface area contributed by atoms with E-state index in [9.17, 15) is 9.90 Å². The average Bonchev–Trinajstić information content (AvgIpc) is 2.48. The van der Waals surface area contributed by atoms with E-state index in [0.29, 0.717) is 31.9 Å². The number of benzene rings is 1. The van der Waals surface area contributed by atoms with Gasteiger partial charge in [-0.15, -0.1) is 0 Å². The lowest BCUT2D eigenvalue weighted by Crippen LogP contribution is -2.32. The standard InChI is InChI=1S/C16H24N2O3/c1-21-10-9-18-16(20)7-8-17-15-4-2-3-12-5-6-13(19)11-14(12)15/h5-6,11,15,17,19H,2-4,7-10H2,1H3,(H,18,20). The molecule has 5 heteroatoms. The van der Waals surface area contributed by atoms with E-state index < -0.39 is 0 Å². The Kier molecular flexibility index (Phi) is 6.02. The summed E-state index contributed by atoms with van der Waals surface area (Å²) in [6.45, 7) is 1.72. The Hall–Kier alpha value is -1.59. The average molecular weight is 292 g/mol. The van der Waals surface area contributed by atoms with Gasteiger partial charge in [0, 0.05) is 32.7 Å². The lowest BCUT2D eigenvalue weighted by atomic mass is 9.87. The lowest BCUT2D eigenvalue weighted by Gasteiger charge is -2.26. The molecule has 0 heterocycles.